The Morgan fingerprint density at radius 2 is 1.75 bits per heavy atom. The molecule has 1 unspecified atom stereocenters. The Hall–Kier alpha value is -0.820. The van der Waals surface area contributed by atoms with E-state index in [4.69, 9.17) is 0 Å². The molecule has 0 saturated carbocycles. The normalized spacial score (nSPS) is 13.8. The summed E-state index contributed by atoms with van der Waals surface area (Å²) in [4.78, 5) is 0. The molecule has 90 valence electrons. The number of aryl methyl sites for hydroxylation is 1. The second-order valence-electron chi connectivity index (χ2n) is 5.76. The molecule has 0 aromatic heterocycles. The molecule has 0 saturated heterocycles. The van der Waals surface area contributed by atoms with Gasteiger partial charge in [-0.25, -0.2) is 0 Å². The van der Waals surface area contributed by atoms with Crippen LogP contribution in [0.3, 0.4) is 0 Å². The van der Waals surface area contributed by atoms with Gasteiger partial charge in [-0.3, -0.25) is 0 Å². The smallest absolute Gasteiger partial charge is 0.00966 e. The zero-order valence-electron chi connectivity index (χ0n) is 11.1. The van der Waals surface area contributed by atoms with Gasteiger partial charge in [0.2, 0.25) is 0 Å². The lowest BCUT2D eigenvalue weighted by molar-refractivity contribution is 0.372. The largest absolute Gasteiger partial charge is 0.312 e. The molecule has 1 aromatic rings. The molecule has 0 spiro atoms. The molecular weight excluding hydrogens is 194 g/mol. The second kappa shape index (κ2) is 6.05. The highest BCUT2D eigenvalue weighted by molar-refractivity contribution is 5.14. The van der Waals surface area contributed by atoms with Crippen molar-refractivity contribution in [3.63, 3.8) is 0 Å². The van der Waals surface area contributed by atoms with Crippen molar-refractivity contribution in [3.8, 4) is 0 Å². The van der Waals surface area contributed by atoms with E-state index >= 15 is 0 Å². The maximum Gasteiger partial charge on any atom is 0.00966 e. The van der Waals surface area contributed by atoms with Gasteiger partial charge in [-0.2, -0.15) is 0 Å². The fraction of sp³-hybridized carbons (Fsp3) is 0.600. The van der Waals surface area contributed by atoms with E-state index in [0.29, 0.717) is 0 Å². The van der Waals surface area contributed by atoms with Gasteiger partial charge in [0.15, 0.2) is 0 Å². The van der Waals surface area contributed by atoms with Crippen LogP contribution in [0.15, 0.2) is 30.3 Å². The van der Waals surface area contributed by atoms with Crippen molar-refractivity contribution in [2.75, 3.05) is 6.54 Å². The predicted octanol–water partition coefficient (Wildman–Crippen LogP) is 3.64. The van der Waals surface area contributed by atoms with Crippen molar-refractivity contribution >= 4 is 0 Å². The lowest BCUT2D eigenvalue weighted by atomic mass is 9.99. The van der Waals surface area contributed by atoms with E-state index in [-0.39, 0.29) is 5.54 Å². The van der Waals surface area contributed by atoms with Crippen molar-refractivity contribution in [2.45, 2.75) is 46.1 Å². The molecule has 16 heavy (non-hydrogen) atoms. The Morgan fingerprint density at radius 1 is 1.12 bits per heavy atom. The molecule has 0 aliphatic carbocycles. The Bertz CT molecular complexity index is 284. The van der Waals surface area contributed by atoms with Gasteiger partial charge >= 0.3 is 0 Å². The molecule has 1 nitrogen and oxygen atoms in total. The monoisotopic (exact) mass is 219 g/mol. The summed E-state index contributed by atoms with van der Waals surface area (Å²) in [5.41, 5.74) is 1.69. The van der Waals surface area contributed by atoms with Crippen LogP contribution in [0, 0.1) is 5.92 Å². The summed E-state index contributed by atoms with van der Waals surface area (Å²) in [5.74, 6) is 0.736. The maximum atomic E-state index is 3.56. The molecule has 1 aromatic carbocycles. The number of hydrogen-bond acceptors (Lipinski definition) is 1. The SMILES string of the molecule is CC(CCc1ccccc1)CNC(C)(C)C. The van der Waals surface area contributed by atoms with Crippen molar-refractivity contribution in [1.29, 1.82) is 0 Å². The molecular formula is C15H25N. The van der Waals surface area contributed by atoms with Gasteiger partial charge < -0.3 is 5.32 Å². The van der Waals surface area contributed by atoms with Gasteiger partial charge in [0.05, 0.1) is 0 Å². The highest BCUT2D eigenvalue weighted by Crippen LogP contribution is 2.10. The lowest BCUT2D eigenvalue weighted by Gasteiger charge is -2.23. The molecule has 0 radical (unpaired) electrons. The van der Waals surface area contributed by atoms with E-state index in [2.05, 4.69) is 63.3 Å². The summed E-state index contributed by atoms with van der Waals surface area (Å²) in [5, 5.41) is 3.56. The van der Waals surface area contributed by atoms with Crippen LogP contribution in [0.25, 0.3) is 0 Å². The Morgan fingerprint density at radius 3 is 2.31 bits per heavy atom. The van der Waals surface area contributed by atoms with Gasteiger partial charge in [0.1, 0.15) is 0 Å². The van der Waals surface area contributed by atoms with Gasteiger partial charge in [-0.05, 0) is 51.6 Å². The molecule has 0 aliphatic heterocycles. The molecule has 0 bridgehead atoms. The van der Waals surface area contributed by atoms with E-state index in [9.17, 15) is 0 Å². The number of nitrogens with one attached hydrogen (secondary N) is 1. The first kappa shape index (κ1) is 13.2. The first-order valence-electron chi connectivity index (χ1n) is 6.26. The highest BCUT2D eigenvalue weighted by Gasteiger charge is 2.10. The summed E-state index contributed by atoms with van der Waals surface area (Å²) in [6, 6.07) is 10.7. The average Bonchev–Trinajstić information content (AvgIpc) is 2.24. The Balaban J connectivity index is 2.23. The minimum atomic E-state index is 0.237. The third-order valence-corrected chi connectivity index (χ3v) is 2.75. The topological polar surface area (TPSA) is 12.0 Å². The quantitative estimate of drug-likeness (QED) is 0.797. The van der Waals surface area contributed by atoms with E-state index in [0.717, 1.165) is 12.5 Å². The van der Waals surface area contributed by atoms with Crippen LogP contribution >= 0.6 is 0 Å². The molecule has 1 heteroatoms. The van der Waals surface area contributed by atoms with Crippen LogP contribution in [0.4, 0.5) is 0 Å². The summed E-state index contributed by atoms with van der Waals surface area (Å²) < 4.78 is 0. The minimum absolute atomic E-state index is 0.237. The van der Waals surface area contributed by atoms with Gasteiger partial charge in [0, 0.05) is 5.54 Å². The van der Waals surface area contributed by atoms with E-state index in [1.54, 1.807) is 0 Å². The van der Waals surface area contributed by atoms with Crippen molar-refractivity contribution in [3.05, 3.63) is 35.9 Å². The molecule has 0 aliphatic rings. The van der Waals surface area contributed by atoms with Crippen LogP contribution in [-0.4, -0.2) is 12.1 Å². The predicted molar refractivity (Wildman–Crippen MR) is 71.7 cm³/mol. The minimum Gasteiger partial charge on any atom is -0.312 e. The maximum absolute atomic E-state index is 3.56. The van der Waals surface area contributed by atoms with Crippen molar-refractivity contribution in [2.24, 2.45) is 5.92 Å². The molecule has 1 N–H and O–H groups in total. The van der Waals surface area contributed by atoms with Gasteiger partial charge in [0.25, 0.3) is 0 Å². The first-order valence-corrected chi connectivity index (χ1v) is 6.26. The van der Waals surface area contributed by atoms with Crippen molar-refractivity contribution in [1.82, 2.24) is 5.32 Å². The Kier molecular flexibility index (Phi) is 5.01. The van der Waals surface area contributed by atoms with Gasteiger partial charge in [-0.1, -0.05) is 37.3 Å². The lowest BCUT2D eigenvalue weighted by Crippen LogP contribution is -2.38. The molecule has 1 rings (SSSR count). The third-order valence-electron chi connectivity index (χ3n) is 2.75. The average molecular weight is 219 g/mol. The van der Waals surface area contributed by atoms with Gasteiger partial charge in [-0.15, -0.1) is 0 Å². The van der Waals surface area contributed by atoms with Crippen LogP contribution in [0.1, 0.15) is 39.7 Å². The first-order chi connectivity index (χ1) is 7.47. The van der Waals surface area contributed by atoms with Crippen LogP contribution in [0.2, 0.25) is 0 Å². The zero-order valence-corrected chi connectivity index (χ0v) is 11.1. The number of benzene rings is 1. The van der Waals surface area contributed by atoms with E-state index in [1.807, 2.05) is 0 Å². The molecule has 1 atom stereocenters. The standard InChI is InChI=1S/C15H25N/c1-13(12-16-15(2,3)4)10-11-14-8-6-5-7-9-14/h5-9,13,16H,10-12H2,1-4H3. The van der Waals surface area contributed by atoms with Crippen molar-refractivity contribution < 1.29 is 0 Å². The van der Waals surface area contributed by atoms with Crippen LogP contribution in [-0.2, 0) is 6.42 Å². The van der Waals surface area contributed by atoms with E-state index in [1.165, 1.54) is 18.4 Å². The second-order valence-corrected chi connectivity index (χ2v) is 5.76. The van der Waals surface area contributed by atoms with Crippen LogP contribution < -0.4 is 5.32 Å². The third kappa shape index (κ3) is 5.92. The number of hydrogen-bond donors (Lipinski definition) is 1. The van der Waals surface area contributed by atoms with Crippen LogP contribution in [0.5, 0.6) is 0 Å². The fourth-order valence-corrected chi connectivity index (χ4v) is 1.64. The zero-order chi connectivity index (χ0) is 12.0. The summed E-state index contributed by atoms with van der Waals surface area (Å²) in [7, 11) is 0. The van der Waals surface area contributed by atoms with E-state index < -0.39 is 0 Å². The summed E-state index contributed by atoms with van der Waals surface area (Å²) in [6.07, 6.45) is 2.45. The Labute approximate surface area is 100 Å². The summed E-state index contributed by atoms with van der Waals surface area (Å²) >= 11 is 0. The molecule has 0 heterocycles. The fourth-order valence-electron chi connectivity index (χ4n) is 1.64. The molecule has 0 amide bonds. The molecule has 0 fully saturated rings. The summed E-state index contributed by atoms with van der Waals surface area (Å²) in [6.45, 7) is 10.1. The highest BCUT2D eigenvalue weighted by atomic mass is 14.9. The number of rotatable bonds is 5.